The van der Waals surface area contributed by atoms with E-state index in [0.717, 1.165) is 6.07 Å². The Balaban J connectivity index is 2.59. The molecule has 0 aliphatic heterocycles. The van der Waals surface area contributed by atoms with E-state index in [1.807, 2.05) is 0 Å². The van der Waals surface area contributed by atoms with Gasteiger partial charge in [0.2, 0.25) is 0 Å². The largest absolute Gasteiger partial charge is 0.497 e. The van der Waals surface area contributed by atoms with Gasteiger partial charge in [-0.15, -0.1) is 0 Å². The van der Waals surface area contributed by atoms with Crippen molar-refractivity contribution in [1.29, 1.82) is 0 Å². The molecule has 0 saturated heterocycles. The average molecular weight is 236 g/mol. The molecule has 5 heteroatoms. The van der Waals surface area contributed by atoms with Gasteiger partial charge in [0, 0.05) is 23.4 Å². The molecule has 0 unspecified atom stereocenters. The number of nitrogens with zero attached hydrogens (tertiary/aromatic N) is 1. The van der Waals surface area contributed by atoms with Crippen LogP contribution in [-0.2, 0) is 0 Å². The second-order valence-electron chi connectivity index (χ2n) is 3.43. The fourth-order valence-corrected chi connectivity index (χ4v) is 1.48. The number of halogens is 2. The maximum absolute atomic E-state index is 13.6. The summed E-state index contributed by atoms with van der Waals surface area (Å²) in [6.07, 6.45) is 1.20. The minimum Gasteiger partial charge on any atom is -0.497 e. The van der Waals surface area contributed by atoms with Crippen LogP contribution in [0.1, 0.15) is 0 Å². The van der Waals surface area contributed by atoms with Gasteiger partial charge in [-0.25, -0.2) is 13.8 Å². The van der Waals surface area contributed by atoms with Crippen molar-refractivity contribution in [2.24, 2.45) is 0 Å². The van der Waals surface area contributed by atoms with Crippen LogP contribution in [0.2, 0.25) is 0 Å². The van der Waals surface area contributed by atoms with E-state index in [9.17, 15) is 8.78 Å². The molecule has 1 heterocycles. The van der Waals surface area contributed by atoms with Gasteiger partial charge in [0.05, 0.1) is 7.11 Å². The lowest BCUT2D eigenvalue weighted by Gasteiger charge is -2.07. The van der Waals surface area contributed by atoms with E-state index in [-0.39, 0.29) is 16.9 Å². The van der Waals surface area contributed by atoms with E-state index in [0.29, 0.717) is 5.75 Å². The lowest BCUT2D eigenvalue weighted by Crippen LogP contribution is -1.95. The summed E-state index contributed by atoms with van der Waals surface area (Å²) < 4.78 is 32.2. The second kappa shape index (κ2) is 4.37. The Morgan fingerprint density at radius 2 is 1.88 bits per heavy atom. The number of hydrogen-bond acceptors (Lipinski definition) is 3. The van der Waals surface area contributed by atoms with Crippen LogP contribution in [0.15, 0.2) is 30.5 Å². The van der Waals surface area contributed by atoms with Gasteiger partial charge in [-0.2, -0.15) is 0 Å². The third-order valence-electron chi connectivity index (χ3n) is 2.34. The number of nitrogen functional groups attached to an aromatic ring is 1. The van der Waals surface area contributed by atoms with Crippen molar-refractivity contribution in [3.8, 4) is 16.9 Å². The molecule has 17 heavy (non-hydrogen) atoms. The zero-order chi connectivity index (χ0) is 12.4. The highest BCUT2D eigenvalue weighted by molar-refractivity contribution is 5.66. The summed E-state index contributed by atoms with van der Waals surface area (Å²) in [4.78, 5) is 3.74. The topological polar surface area (TPSA) is 48.1 Å². The zero-order valence-electron chi connectivity index (χ0n) is 9.08. The van der Waals surface area contributed by atoms with Crippen molar-refractivity contribution < 1.29 is 13.5 Å². The first-order chi connectivity index (χ1) is 8.11. The predicted molar refractivity (Wildman–Crippen MR) is 60.6 cm³/mol. The van der Waals surface area contributed by atoms with Gasteiger partial charge >= 0.3 is 0 Å². The molecular weight excluding hydrogens is 226 g/mol. The molecule has 0 amide bonds. The van der Waals surface area contributed by atoms with Crippen molar-refractivity contribution in [1.82, 2.24) is 4.98 Å². The van der Waals surface area contributed by atoms with E-state index >= 15 is 0 Å². The molecule has 3 nitrogen and oxygen atoms in total. The lowest BCUT2D eigenvalue weighted by atomic mass is 10.1. The summed E-state index contributed by atoms with van der Waals surface area (Å²) in [6, 6.07) is 5.13. The summed E-state index contributed by atoms with van der Waals surface area (Å²) >= 11 is 0. The van der Waals surface area contributed by atoms with Crippen LogP contribution >= 0.6 is 0 Å². The van der Waals surface area contributed by atoms with E-state index in [2.05, 4.69) is 4.98 Å². The Hall–Kier alpha value is -2.17. The summed E-state index contributed by atoms with van der Waals surface area (Å²) in [5.74, 6) is -0.673. The minimum absolute atomic E-state index is 0.0505. The van der Waals surface area contributed by atoms with Crippen LogP contribution in [0.25, 0.3) is 11.1 Å². The molecule has 1 aromatic carbocycles. The lowest BCUT2D eigenvalue weighted by molar-refractivity contribution is 0.414. The number of pyridine rings is 1. The molecule has 0 aliphatic rings. The van der Waals surface area contributed by atoms with Crippen LogP contribution in [0.4, 0.5) is 14.6 Å². The monoisotopic (exact) mass is 236 g/mol. The maximum atomic E-state index is 13.6. The Kier molecular flexibility index (Phi) is 2.91. The summed E-state index contributed by atoms with van der Waals surface area (Å²) in [5, 5.41) is 0. The SMILES string of the molecule is COc1ccc(F)c(-c2cnc(N)cc2F)c1. The summed E-state index contributed by atoms with van der Waals surface area (Å²) in [6.45, 7) is 0. The number of nitrogens with two attached hydrogens (primary N) is 1. The number of anilines is 1. The molecule has 1 aromatic heterocycles. The molecule has 0 spiro atoms. The van der Waals surface area contributed by atoms with E-state index < -0.39 is 11.6 Å². The van der Waals surface area contributed by atoms with E-state index in [4.69, 9.17) is 10.5 Å². The molecule has 2 rings (SSSR count). The highest BCUT2D eigenvalue weighted by atomic mass is 19.1. The fraction of sp³-hybridized carbons (Fsp3) is 0.0833. The molecule has 0 bridgehead atoms. The Bertz CT molecular complexity index is 558. The molecule has 2 aromatic rings. The number of aromatic nitrogens is 1. The smallest absolute Gasteiger partial charge is 0.136 e. The maximum Gasteiger partial charge on any atom is 0.136 e. The summed E-state index contributed by atoms with van der Waals surface area (Å²) in [7, 11) is 1.45. The van der Waals surface area contributed by atoms with Gasteiger partial charge in [0.1, 0.15) is 23.2 Å². The zero-order valence-corrected chi connectivity index (χ0v) is 9.08. The van der Waals surface area contributed by atoms with Gasteiger partial charge in [-0.1, -0.05) is 0 Å². The van der Waals surface area contributed by atoms with Gasteiger partial charge in [0.25, 0.3) is 0 Å². The van der Waals surface area contributed by atoms with Gasteiger partial charge in [0.15, 0.2) is 0 Å². The van der Waals surface area contributed by atoms with Crippen LogP contribution in [0, 0.1) is 11.6 Å². The average Bonchev–Trinajstić information content (AvgIpc) is 2.30. The molecule has 0 fully saturated rings. The van der Waals surface area contributed by atoms with Gasteiger partial charge < -0.3 is 10.5 Å². The second-order valence-corrected chi connectivity index (χ2v) is 3.43. The van der Waals surface area contributed by atoms with Crippen molar-refractivity contribution >= 4 is 5.82 Å². The Morgan fingerprint density at radius 1 is 1.12 bits per heavy atom. The van der Waals surface area contributed by atoms with Gasteiger partial charge in [-0.05, 0) is 18.2 Å². The first kappa shape index (κ1) is 11.3. The molecule has 0 radical (unpaired) electrons. The van der Waals surface area contributed by atoms with Crippen LogP contribution in [0.5, 0.6) is 5.75 Å². The highest BCUT2D eigenvalue weighted by Gasteiger charge is 2.12. The van der Waals surface area contributed by atoms with Crippen LogP contribution in [-0.4, -0.2) is 12.1 Å². The quantitative estimate of drug-likeness (QED) is 0.871. The number of ether oxygens (including phenoxy) is 1. The van der Waals surface area contributed by atoms with Crippen molar-refractivity contribution in [2.45, 2.75) is 0 Å². The first-order valence-electron chi connectivity index (χ1n) is 4.86. The van der Waals surface area contributed by atoms with Gasteiger partial charge in [-0.3, -0.25) is 0 Å². The molecule has 88 valence electrons. The third-order valence-corrected chi connectivity index (χ3v) is 2.34. The summed E-state index contributed by atoms with van der Waals surface area (Å²) in [5.41, 5.74) is 5.47. The molecule has 0 atom stereocenters. The van der Waals surface area contributed by atoms with E-state index in [1.165, 1.54) is 31.5 Å². The van der Waals surface area contributed by atoms with Crippen molar-refractivity contribution in [3.05, 3.63) is 42.1 Å². The number of hydrogen-bond donors (Lipinski definition) is 1. The molecular formula is C12H10F2N2O. The Morgan fingerprint density at radius 3 is 2.53 bits per heavy atom. The van der Waals surface area contributed by atoms with Crippen LogP contribution < -0.4 is 10.5 Å². The minimum atomic E-state index is -0.621. The third kappa shape index (κ3) is 2.18. The number of rotatable bonds is 2. The number of benzene rings is 1. The first-order valence-corrected chi connectivity index (χ1v) is 4.86. The van der Waals surface area contributed by atoms with Crippen molar-refractivity contribution in [3.63, 3.8) is 0 Å². The van der Waals surface area contributed by atoms with Crippen molar-refractivity contribution in [2.75, 3.05) is 12.8 Å². The molecule has 0 aliphatic carbocycles. The standard InChI is InChI=1S/C12H10F2N2O/c1-17-7-2-3-10(13)8(4-7)9-6-16-12(15)5-11(9)14/h2-6H,1H3,(H2,15,16). The molecule has 2 N–H and O–H groups in total. The number of methoxy groups -OCH3 is 1. The van der Waals surface area contributed by atoms with E-state index in [1.54, 1.807) is 0 Å². The highest BCUT2D eigenvalue weighted by Crippen LogP contribution is 2.29. The fourth-order valence-electron chi connectivity index (χ4n) is 1.48. The van der Waals surface area contributed by atoms with Crippen LogP contribution in [0.3, 0.4) is 0 Å². The molecule has 0 saturated carbocycles. The normalized spacial score (nSPS) is 10.3. The Labute approximate surface area is 96.9 Å². The predicted octanol–water partition coefficient (Wildman–Crippen LogP) is 2.62.